The maximum absolute atomic E-state index is 11.9. The van der Waals surface area contributed by atoms with Gasteiger partial charge in [-0.2, -0.15) is 0 Å². The summed E-state index contributed by atoms with van der Waals surface area (Å²) in [5.41, 5.74) is 0.815. The van der Waals surface area contributed by atoms with Gasteiger partial charge in [-0.3, -0.25) is 4.79 Å². The first kappa shape index (κ1) is 11.0. The van der Waals surface area contributed by atoms with Gasteiger partial charge in [0, 0.05) is 19.2 Å². The summed E-state index contributed by atoms with van der Waals surface area (Å²) in [5, 5.41) is 12.3. The van der Waals surface area contributed by atoms with Gasteiger partial charge in [0.2, 0.25) is 5.91 Å². The molecule has 0 unspecified atom stereocenters. The summed E-state index contributed by atoms with van der Waals surface area (Å²) in [7, 11) is 1.76. The monoisotopic (exact) mass is 220 g/mol. The van der Waals surface area contributed by atoms with Crippen LogP contribution in [0, 0.1) is 5.92 Å². The maximum atomic E-state index is 11.9. The minimum absolute atomic E-state index is 0.122. The van der Waals surface area contributed by atoms with E-state index < -0.39 is 0 Å². The molecule has 1 aromatic rings. The van der Waals surface area contributed by atoms with Crippen LogP contribution in [0.4, 0.5) is 5.69 Å². The molecule has 0 saturated carbocycles. The number of phenolic OH excluding ortho intramolecular Hbond substituents is 1. The molecule has 0 spiro atoms. The molecule has 1 aliphatic heterocycles. The number of hydrogen-bond donors (Lipinski definition) is 2. The number of benzene rings is 1. The van der Waals surface area contributed by atoms with E-state index in [-0.39, 0.29) is 11.7 Å². The van der Waals surface area contributed by atoms with Crippen molar-refractivity contribution in [2.24, 2.45) is 5.92 Å². The fourth-order valence-electron chi connectivity index (χ4n) is 1.70. The Morgan fingerprint density at radius 1 is 1.44 bits per heavy atom. The molecule has 0 radical (unpaired) electrons. The maximum Gasteiger partial charge on any atom is 0.227 e. The average molecular weight is 220 g/mol. The van der Waals surface area contributed by atoms with Crippen LogP contribution in [0.2, 0.25) is 0 Å². The number of anilines is 1. The van der Waals surface area contributed by atoms with E-state index in [4.69, 9.17) is 5.11 Å². The molecule has 0 bridgehead atoms. The Balaban J connectivity index is 1.97. The molecule has 2 N–H and O–H groups in total. The third-order valence-corrected chi connectivity index (χ3v) is 2.94. The van der Waals surface area contributed by atoms with Crippen LogP contribution in [0.1, 0.15) is 6.42 Å². The number of aromatic hydroxyl groups is 1. The molecule has 16 heavy (non-hydrogen) atoms. The van der Waals surface area contributed by atoms with Crippen LogP contribution in [-0.4, -0.2) is 31.2 Å². The lowest BCUT2D eigenvalue weighted by molar-refractivity contribution is -0.119. The van der Waals surface area contributed by atoms with Crippen LogP contribution < -0.4 is 10.2 Å². The van der Waals surface area contributed by atoms with Crippen LogP contribution in [-0.2, 0) is 4.79 Å². The van der Waals surface area contributed by atoms with E-state index >= 15 is 0 Å². The van der Waals surface area contributed by atoms with Crippen molar-refractivity contribution in [1.82, 2.24) is 5.32 Å². The summed E-state index contributed by atoms with van der Waals surface area (Å²) in [6, 6.07) is 6.66. The Bertz CT molecular complexity index is 371. The van der Waals surface area contributed by atoms with Crippen LogP contribution >= 0.6 is 0 Å². The van der Waals surface area contributed by atoms with E-state index in [1.807, 2.05) is 0 Å². The zero-order valence-corrected chi connectivity index (χ0v) is 9.31. The molecule has 4 heteroatoms. The topological polar surface area (TPSA) is 52.6 Å². The van der Waals surface area contributed by atoms with Crippen molar-refractivity contribution >= 4 is 11.6 Å². The summed E-state index contributed by atoms with van der Waals surface area (Å²) in [6.07, 6.45) is 0.588. The zero-order valence-electron chi connectivity index (χ0n) is 9.31. The first-order valence-electron chi connectivity index (χ1n) is 5.43. The molecule has 4 nitrogen and oxygen atoms in total. The van der Waals surface area contributed by atoms with Gasteiger partial charge in [0.25, 0.3) is 0 Å². The Hall–Kier alpha value is -1.55. The predicted molar refractivity (Wildman–Crippen MR) is 62.5 cm³/mol. The van der Waals surface area contributed by atoms with Crippen molar-refractivity contribution in [3.8, 4) is 5.75 Å². The largest absolute Gasteiger partial charge is 0.508 e. The molecule has 1 saturated heterocycles. The van der Waals surface area contributed by atoms with Crippen LogP contribution in [0.15, 0.2) is 24.3 Å². The number of carbonyl (C=O) groups excluding carboxylic acids is 1. The fourth-order valence-corrected chi connectivity index (χ4v) is 1.70. The van der Waals surface area contributed by atoms with Crippen LogP contribution in [0.5, 0.6) is 5.75 Å². The Morgan fingerprint density at radius 2 is 2.06 bits per heavy atom. The second-order valence-electron chi connectivity index (χ2n) is 4.20. The standard InChI is InChI=1S/C12H16N2O2/c1-14(10-2-4-11(15)5-3-10)12(16)6-9-7-13-8-9/h2-5,9,13,15H,6-8H2,1H3. The molecule has 0 atom stereocenters. The second-order valence-corrected chi connectivity index (χ2v) is 4.20. The third kappa shape index (κ3) is 2.33. The van der Waals surface area contributed by atoms with Gasteiger partial charge >= 0.3 is 0 Å². The quantitative estimate of drug-likeness (QED) is 0.798. The number of nitrogens with zero attached hydrogens (tertiary/aromatic N) is 1. The van der Waals surface area contributed by atoms with E-state index in [1.54, 1.807) is 36.2 Å². The SMILES string of the molecule is CN(C(=O)CC1CNC1)c1ccc(O)cc1. The van der Waals surface area contributed by atoms with E-state index in [0.29, 0.717) is 12.3 Å². The van der Waals surface area contributed by atoms with Gasteiger partial charge in [0.05, 0.1) is 0 Å². The summed E-state index contributed by atoms with van der Waals surface area (Å²) >= 11 is 0. The molecule has 2 rings (SSSR count). The van der Waals surface area contributed by atoms with Crippen LogP contribution in [0.25, 0.3) is 0 Å². The molecule has 0 aliphatic carbocycles. The minimum atomic E-state index is 0.122. The smallest absolute Gasteiger partial charge is 0.227 e. The molecule has 1 amide bonds. The highest BCUT2D eigenvalue weighted by Gasteiger charge is 2.22. The molecule has 1 heterocycles. The molecule has 0 aromatic heterocycles. The summed E-state index contributed by atoms with van der Waals surface area (Å²) < 4.78 is 0. The molecule has 1 aliphatic rings. The highest BCUT2D eigenvalue weighted by atomic mass is 16.3. The Kier molecular flexibility index (Phi) is 3.10. The molecule has 1 fully saturated rings. The van der Waals surface area contributed by atoms with Crippen molar-refractivity contribution in [2.75, 3.05) is 25.0 Å². The number of hydrogen-bond acceptors (Lipinski definition) is 3. The highest BCUT2D eigenvalue weighted by molar-refractivity contribution is 5.93. The summed E-state index contributed by atoms with van der Waals surface area (Å²) in [6.45, 7) is 1.88. The molecule has 86 valence electrons. The van der Waals surface area contributed by atoms with Gasteiger partial charge in [-0.05, 0) is 43.3 Å². The van der Waals surface area contributed by atoms with Crippen molar-refractivity contribution in [3.63, 3.8) is 0 Å². The normalized spacial score (nSPS) is 15.6. The Labute approximate surface area is 94.9 Å². The number of amides is 1. The van der Waals surface area contributed by atoms with E-state index in [9.17, 15) is 4.79 Å². The number of rotatable bonds is 3. The van der Waals surface area contributed by atoms with Gasteiger partial charge in [-0.15, -0.1) is 0 Å². The van der Waals surface area contributed by atoms with Crippen molar-refractivity contribution in [2.45, 2.75) is 6.42 Å². The van der Waals surface area contributed by atoms with Crippen LogP contribution in [0.3, 0.4) is 0 Å². The summed E-state index contributed by atoms with van der Waals surface area (Å²) in [4.78, 5) is 13.5. The van der Waals surface area contributed by atoms with Crippen molar-refractivity contribution in [1.29, 1.82) is 0 Å². The van der Waals surface area contributed by atoms with Gasteiger partial charge < -0.3 is 15.3 Å². The molecule has 1 aromatic carbocycles. The summed E-state index contributed by atoms with van der Waals surface area (Å²) in [5.74, 6) is 0.817. The molecular formula is C12H16N2O2. The van der Waals surface area contributed by atoms with Crippen molar-refractivity contribution < 1.29 is 9.90 Å². The third-order valence-electron chi connectivity index (χ3n) is 2.94. The number of phenols is 1. The fraction of sp³-hybridized carbons (Fsp3) is 0.417. The van der Waals surface area contributed by atoms with Gasteiger partial charge in [0.15, 0.2) is 0 Å². The lowest BCUT2D eigenvalue weighted by atomic mass is 9.99. The van der Waals surface area contributed by atoms with Gasteiger partial charge in [-0.1, -0.05) is 0 Å². The van der Waals surface area contributed by atoms with Gasteiger partial charge in [-0.25, -0.2) is 0 Å². The van der Waals surface area contributed by atoms with Gasteiger partial charge in [0.1, 0.15) is 5.75 Å². The lowest BCUT2D eigenvalue weighted by Gasteiger charge is -2.28. The Morgan fingerprint density at radius 3 is 2.56 bits per heavy atom. The second kappa shape index (κ2) is 4.53. The van der Waals surface area contributed by atoms with E-state index in [2.05, 4.69) is 5.32 Å². The predicted octanol–water partition coefficient (Wildman–Crippen LogP) is 0.964. The van der Waals surface area contributed by atoms with Crippen molar-refractivity contribution in [3.05, 3.63) is 24.3 Å². The molecular weight excluding hydrogens is 204 g/mol. The number of carbonyl (C=O) groups is 1. The zero-order chi connectivity index (χ0) is 11.5. The van der Waals surface area contributed by atoms with E-state index in [1.165, 1.54) is 0 Å². The number of nitrogens with one attached hydrogen (secondary N) is 1. The average Bonchev–Trinajstić information content (AvgIpc) is 2.23. The lowest BCUT2D eigenvalue weighted by Crippen LogP contribution is -2.44. The first-order chi connectivity index (χ1) is 7.66. The van der Waals surface area contributed by atoms with E-state index in [0.717, 1.165) is 18.8 Å². The highest BCUT2D eigenvalue weighted by Crippen LogP contribution is 2.19. The first-order valence-corrected chi connectivity index (χ1v) is 5.43. The minimum Gasteiger partial charge on any atom is -0.508 e.